The van der Waals surface area contributed by atoms with Crippen LogP contribution < -0.4 is 9.80 Å². The van der Waals surface area contributed by atoms with Crippen LogP contribution >= 0.6 is 11.8 Å². The zero-order valence-electron chi connectivity index (χ0n) is 76.9. The first-order valence-electron chi connectivity index (χ1n) is 46.6. The van der Waals surface area contributed by atoms with E-state index < -0.39 is 0 Å². The van der Waals surface area contributed by atoms with E-state index in [1.807, 2.05) is 169 Å². The monoisotopic (exact) mass is 1780 g/mol. The molecule has 0 amide bonds. The van der Waals surface area contributed by atoms with E-state index in [0.29, 0.717) is 52.8 Å². The van der Waals surface area contributed by atoms with E-state index in [9.17, 15) is 0 Å². The average Bonchev–Trinajstić information content (AvgIpc) is 1.52. The Morgan fingerprint density at radius 3 is 0.942 bits per heavy atom. The number of rotatable bonds is 10. The van der Waals surface area contributed by atoms with E-state index in [1.54, 1.807) is 0 Å². The molecule has 0 spiro atoms. The van der Waals surface area contributed by atoms with Gasteiger partial charge in [-0.05, 0) is 143 Å². The van der Waals surface area contributed by atoms with Crippen molar-refractivity contribution in [2.75, 3.05) is 9.80 Å². The normalized spacial score (nSPS) is 13.5. The van der Waals surface area contributed by atoms with Gasteiger partial charge in [-0.2, -0.15) is 29.9 Å². The topological polar surface area (TPSA) is 132 Å². The molecule has 21 aromatic rings. The average molecular weight is 1780 g/mol. The van der Waals surface area contributed by atoms with E-state index >= 15 is 0 Å². The Morgan fingerprint density at radius 1 is 0.226 bits per heavy atom. The van der Waals surface area contributed by atoms with Crippen molar-refractivity contribution in [2.45, 2.75) is 76.0 Å². The summed E-state index contributed by atoms with van der Waals surface area (Å²) in [6, 6.07) is 142. The zero-order chi connectivity index (χ0) is 92.3. The highest BCUT2D eigenvalue weighted by molar-refractivity contribution is 7.99. The van der Waals surface area contributed by atoms with Gasteiger partial charge in [-0.1, -0.05) is 397 Å². The molecule has 0 unspecified atom stereocenters. The van der Waals surface area contributed by atoms with Crippen LogP contribution in [0.25, 0.3) is 169 Å². The molecule has 5 aromatic heterocycles. The van der Waals surface area contributed by atoms with Crippen molar-refractivity contribution >= 4 is 79.4 Å². The maximum absolute atomic E-state index is 5.35. The molecule has 0 saturated carbocycles. The van der Waals surface area contributed by atoms with E-state index in [1.165, 1.54) is 121 Å². The summed E-state index contributed by atoms with van der Waals surface area (Å²) >= 11 is 1.84. The van der Waals surface area contributed by atoms with Crippen LogP contribution in [-0.2, 0) is 10.8 Å². The van der Waals surface area contributed by atoms with Gasteiger partial charge in [0.05, 0.1) is 33.8 Å². The number of allylic oxidation sites excluding steroid dienone is 2. The van der Waals surface area contributed by atoms with Crippen LogP contribution in [0, 0.1) is 27.7 Å². The van der Waals surface area contributed by atoms with Gasteiger partial charge < -0.3 is 4.57 Å². The molecule has 2 aliphatic carbocycles. The van der Waals surface area contributed by atoms with Crippen LogP contribution in [0.2, 0.25) is 0 Å². The Morgan fingerprint density at radius 2 is 0.518 bits per heavy atom. The lowest BCUT2D eigenvalue weighted by atomic mass is 9.73. The standard InChI is InChI=1S/C43H31N5.C43H34N4.C37H26N4S/c1-28-29(2)47(32-20-10-5-11-21-32)38-27-26-34-33-22-12-14-24-36(33)48(37-25-15-13-23-35(37)40(34)39(28)38)43-45-41(30-16-6-3-7-17-30)44-42(46-43)31-18-8-4-9-19-31;1-42(2)33-25-15-13-23-31(33)37-35(42)29-21-11-12-22-30(29)36-38(32-24-14-16-26-34(32)43(36,3)4)47(37)41-45-39(27-17-7-5-8-18-27)44-40(46-41)28-19-9-6-10-20-28;1-23-24(2)41(37-39-35(25-13-5-3-6-14-25)38-36(40-37)26-15-7-4-8-16-26)30-22-21-28-27-17-9-11-19-31(27)42-32-20-12-10-18-29(32)34(28)33(23)30/h3-27H,1-2H3;5-26H,1-4H3;3-22H,1-2H3. The predicted molar refractivity (Wildman–Crippen MR) is 560 cm³/mol. The smallest absolute Gasteiger partial charge is 0.238 e. The van der Waals surface area contributed by atoms with Crippen molar-refractivity contribution in [3.05, 3.63) is 462 Å². The van der Waals surface area contributed by atoms with Crippen molar-refractivity contribution in [1.82, 2.24) is 54.0 Å². The first kappa shape index (κ1) is 83.2. The van der Waals surface area contributed by atoms with Gasteiger partial charge in [0.25, 0.3) is 0 Å². The molecule has 0 bridgehead atoms. The summed E-state index contributed by atoms with van der Waals surface area (Å²) in [6.45, 7) is 18.3. The molecular formula is C123H91N13S. The minimum Gasteiger partial charge on any atom is -0.314 e. The number of para-hydroxylation sites is 3. The van der Waals surface area contributed by atoms with Crippen LogP contribution in [0.1, 0.15) is 83.6 Å². The highest BCUT2D eigenvalue weighted by Gasteiger charge is 2.51. The van der Waals surface area contributed by atoms with Crippen molar-refractivity contribution in [1.29, 1.82) is 0 Å². The van der Waals surface area contributed by atoms with E-state index in [0.717, 1.165) is 84.2 Å². The zero-order valence-corrected chi connectivity index (χ0v) is 77.7. The summed E-state index contributed by atoms with van der Waals surface area (Å²) in [5, 5.41) is 2.49. The Kier molecular flexibility index (Phi) is 20.4. The van der Waals surface area contributed by atoms with Gasteiger partial charge in [0.2, 0.25) is 17.8 Å². The van der Waals surface area contributed by atoms with E-state index in [2.05, 4.69) is 323 Å². The molecule has 8 heterocycles. The molecule has 0 radical (unpaired) electrons. The van der Waals surface area contributed by atoms with Crippen LogP contribution in [0.15, 0.2) is 416 Å². The van der Waals surface area contributed by atoms with Crippen LogP contribution in [0.4, 0.5) is 23.3 Å². The third-order valence-electron chi connectivity index (χ3n) is 27.8. The first-order valence-corrected chi connectivity index (χ1v) is 47.4. The molecule has 5 aliphatic rings. The minimum absolute atomic E-state index is 0.263. The molecule has 0 fully saturated rings. The molecule has 137 heavy (non-hydrogen) atoms. The van der Waals surface area contributed by atoms with Gasteiger partial charge in [-0.3, -0.25) is 14.4 Å². The predicted octanol–water partition coefficient (Wildman–Crippen LogP) is 30.5. The fourth-order valence-electron chi connectivity index (χ4n) is 21.2. The molecular weight excluding hydrogens is 1690 g/mol. The Bertz CT molecular complexity index is 8190. The Labute approximate surface area is 800 Å². The maximum atomic E-state index is 5.35. The van der Waals surface area contributed by atoms with Crippen LogP contribution in [-0.4, -0.2) is 54.0 Å². The summed E-state index contributed by atoms with van der Waals surface area (Å²) in [5.41, 5.74) is 37.6. The number of benzene rings is 16. The summed E-state index contributed by atoms with van der Waals surface area (Å²) in [4.78, 5) is 53.3. The molecule has 654 valence electrons. The number of aromatic nitrogens is 11. The number of hydrogen-bond acceptors (Lipinski definition) is 12. The third kappa shape index (κ3) is 13.9. The largest absolute Gasteiger partial charge is 0.314 e. The lowest BCUT2D eigenvalue weighted by molar-refractivity contribution is 0.696. The quantitative estimate of drug-likeness (QED) is 0.129. The fourth-order valence-corrected chi connectivity index (χ4v) is 22.3. The number of hydrogen-bond donors (Lipinski definition) is 0. The molecule has 14 heteroatoms. The van der Waals surface area contributed by atoms with Gasteiger partial charge in [0, 0.05) is 115 Å². The summed E-state index contributed by atoms with van der Waals surface area (Å²) in [7, 11) is 0. The van der Waals surface area contributed by atoms with E-state index in [-0.39, 0.29) is 10.8 Å². The molecule has 16 aromatic carbocycles. The molecule has 0 atom stereocenters. The van der Waals surface area contributed by atoms with Crippen LogP contribution in [0.5, 0.6) is 0 Å². The molecule has 13 nitrogen and oxygen atoms in total. The highest BCUT2D eigenvalue weighted by atomic mass is 32.2. The molecule has 0 saturated heterocycles. The Balaban J connectivity index is 0.000000112. The van der Waals surface area contributed by atoms with Crippen molar-refractivity contribution in [3.63, 3.8) is 0 Å². The molecule has 3 aliphatic heterocycles. The summed E-state index contributed by atoms with van der Waals surface area (Å²) in [6.07, 6.45) is 0. The first-order chi connectivity index (χ1) is 67.2. The molecule has 26 rings (SSSR count). The summed E-state index contributed by atoms with van der Waals surface area (Å²) < 4.78 is 4.59. The minimum atomic E-state index is -0.263. The highest BCUT2D eigenvalue weighted by Crippen LogP contribution is 2.64. The second-order valence-corrected chi connectivity index (χ2v) is 37.5. The summed E-state index contributed by atoms with van der Waals surface area (Å²) in [5.74, 6) is 5.68. The SMILES string of the molecule is CC1(C)C2=C(c3ccccc31)N(c1nc(-c3ccccc3)nc(-c3ccccc3)n1)C1=C(c3ccccc32)C(C)(C)c2ccccc21.Cc1c(C)n(-c2ccccc2)c2ccc3c(c12)-c1ccccc1N(c1nc(-c2ccccc2)nc(-c2ccccc2)n1)c1ccccc1-3.Cc1c(C)n(-c2nc(-c3ccccc3)nc(-c3ccccc3)n2)c2ccc3c(c12)-c1ccccc1Sc1ccccc1-3. The van der Waals surface area contributed by atoms with Gasteiger partial charge in [-0.15, -0.1) is 0 Å². The third-order valence-corrected chi connectivity index (χ3v) is 28.9. The van der Waals surface area contributed by atoms with Gasteiger partial charge in [-0.25, -0.2) is 15.0 Å². The number of aryl methyl sites for hydroxylation is 2. The second-order valence-electron chi connectivity index (χ2n) is 36.4. The second kappa shape index (κ2) is 33.7. The maximum Gasteiger partial charge on any atom is 0.238 e. The van der Waals surface area contributed by atoms with Crippen LogP contribution in [0.3, 0.4) is 0 Å². The van der Waals surface area contributed by atoms with Crippen molar-refractivity contribution in [2.24, 2.45) is 0 Å². The number of anilines is 4. The van der Waals surface area contributed by atoms with Crippen molar-refractivity contribution in [3.8, 4) is 124 Å². The van der Waals surface area contributed by atoms with Crippen molar-refractivity contribution < 1.29 is 0 Å². The van der Waals surface area contributed by atoms with Gasteiger partial charge >= 0.3 is 0 Å². The Hall–Kier alpha value is -16.9. The lowest BCUT2D eigenvalue weighted by Crippen LogP contribution is -2.23. The lowest BCUT2D eigenvalue weighted by Gasteiger charge is -2.29. The fraction of sp³-hybridized carbons (Fsp3) is 0.0813. The van der Waals surface area contributed by atoms with Gasteiger partial charge in [0.1, 0.15) is 0 Å². The van der Waals surface area contributed by atoms with Gasteiger partial charge in [0.15, 0.2) is 34.9 Å². The number of nitrogens with zero attached hydrogens (tertiary/aromatic N) is 13. The van der Waals surface area contributed by atoms with E-state index in [4.69, 9.17) is 44.9 Å². The number of fused-ring (bicyclic) bond motifs is 21. The molecule has 0 N–H and O–H groups in total.